The molecule has 0 aliphatic carbocycles. The van der Waals surface area contributed by atoms with E-state index in [0.29, 0.717) is 22.9 Å². The van der Waals surface area contributed by atoms with E-state index in [4.69, 9.17) is 14.2 Å². The first-order valence-electron chi connectivity index (χ1n) is 7.94. The average Bonchev–Trinajstić information content (AvgIpc) is 2.69. The largest absolute Gasteiger partial charge is 0.493 e. The van der Waals surface area contributed by atoms with Gasteiger partial charge in [0.25, 0.3) is 5.56 Å². The summed E-state index contributed by atoms with van der Waals surface area (Å²) in [4.78, 5) is 16.4. The number of methoxy groups -OCH3 is 3. The molecule has 0 bridgehead atoms. The van der Waals surface area contributed by atoms with Crippen LogP contribution in [0.15, 0.2) is 53.5 Å². The zero-order chi connectivity index (χ0) is 18.5. The quantitative estimate of drug-likeness (QED) is 0.677. The summed E-state index contributed by atoms with van der Waals surface area (Å²) >= 11 is 0. The molecule has 0 spiro atoms. The smallest absolute Gasteiger partial charge is 0.267 e. The molecular weight excluding hydrogens is 334 g/mol. The van der Waals surface area contributed by atoms with Gasteiger partial charge in [-0.2, -0.15) is 5.10 Å². The van der Waals surface area contributed by atoms with Crippen molar-refractivity contribution in [3.63, 3.8) is 0 Å². The number of ether oxygens (including phenoxy) is 3. The van der Waals surface area contributed by atoms with E-state index in [1.165, 1.54) is 10.7 Å². The second-order valence-corrected chi connectivity index (χ2v) is 5.45. The summed E-state index contributed by atoms with van der Waals surface area (Å²) in [5, 5.41) is 4.46. The van der Waals surface area contributed by atoms with Crippen molar-refractivity contribution in [2.75, 3.05) is 21.3 Å². The van der Waals surface area contributed by atoms with Gasteiger partial charge in [-0.3, -0.25) is 9.78 Å². The second kappa shape index (κ2) is 7.69. The van der Waals surface area contributed by atoms with Crippen molar-refractivity contribution in [1.82, 2.24) is 14.8 Å². The van der Waals surface area contributed by atoms with Gasteiger partial charge in [-0.05, 0) is 30.3 Å². The van der Waals surface area contributed by atoms with E-state index in [1.807, 2.05) is 18.2 Å². The molecule has 7 heteroatoms. The van der Waals surface area contributed by atoms with E-state index in [-0.39, 0.29) is 12.1 Å². The van der Waals surface area contributed by atoms with Crippen LogP contribution in [0, 0.1) is 0 Å². The van der Waals surface area contributed by atoms with Crippen LogP contribution in [0.1, 0.15) is 5.69 Å². The molecule has 2 aromatic heterocycles. The molecule has 0 atom stereocenters. The summed E-state index contributed by atoms with van der Waals surface area (Å²) < 4.78 is 17.5. The Hall–Kier alpha value is -3.35. The third-order valence-corrected chi connectivity index (χ3v) is 3.87. The van der Waals surface area contributed by atoms with Crippen molar-refractivity contribution in [3.8, 4) is 28.5 Å². The van der Waals surface area contributed by atoms with Gasteiger partial charge >= 0.3 is 0 Å². The number of hydrogen-bond donors (Lipinski definition) is 0. The predicted molar refractivity (Wildman–Crippen MR) is 96.9 cm³/mol. The molecule has 0 radical (unpaired) electrons. The highest BCUT2D eigenvalue weighted by molar-refractivity contribution is 5.68. The van der Waals surface area contributed by atoms with Crippen LogP contribution in [0.3, 0.4) is 0 Å². The standard InChI is InChI=1S/C19H19N3O4/c1-24-16-10-13(11-17(25-2)19(16)26-3)15-7-8-18(23)22(21-15)12-14-6-4-5-9-20-14/h4-11H,12H2,1-3H3. The van der Waals surface area contributed by atoms with Crippen molar-refractivity contribution in [3.05, 3.63) is 64.7 Å². The fourth-order valence-electron chi connectivity index (χ4n) is 2.59. The Morgan fingerprint density at radius 2 is 1.69 bits per heavy atom. The average molecular weight is 353 g/mol. The molecule has 3 aromatic rings. The number of aromatic nitrogens is 3. The van der Waals surface area contributed by atoms with Crippen LogP contribution in [-0.2, 0) is 6.54 Å². The number of benzene rings is 1. The second-order valence-electron chi connectivity index (χ2n) is 5.45. The summed E-state index contributed by atoms with van der Waals surface area (Å²) in [7, 11) is 4.65. The zero-order valence-electron chi connectivity index (χ0n) is 14.8. The van der Waals surface area contributed by atoms with Crippen LogP contribution in [0.2, 0.25) is 0 Å². The SMILES string of the molecule is COc1cc(-c2ccc(=O)n(Cc3ccccn3)n2)cc(OC)c1OC. The van der Waals surface area contributed by atoms with Gasteiger partial charge in [-0.1, -0.05) is 6.07 Å². The fourth-order valence-corrected chi connectivity index (χ4v) is 2.59. The van der Waals surface area contributed by atoms with Crippen LogP contribution in [0.25, 0.3) is 11.3 Å². The molecule has 0 aliphatic heterocycles. The molecule has 2 heterocycles. The maximum atomic E-state index is 12.2. The molecule has 0 fully saturated rings. The van der Waals surface area contributed by atoms with Crippen molar-refractivity contribution in [2.24, 2.45) is 0 Å². The van der Waals surface area contributed by atoms with E-state index in [2.05, 4.69) is 10.1 Å². The molecule has 0 unspecified atom stereocenters. The molecule has 0 saturated heterocycles. The summed E-state index contributed by atoms with van der Waals surface area (Å²) in [5.41, 5.74) is 1.91. The van der Waals surface area contributed by atoms with Crippen molar-refractivity contribution < 1.29 is 14.2 Å². The van der Waals surface area contributed by atoms with E-state index in [1.54, 1.807) is 45.7 Å². The van der Waals surface area contributed by atoms with Gasteiger partial charge in [-0.25, -0.2) is 4.68 Å². The van der Waals surface area contributed by atoms with Crippen LogP contribution < -0.4 is 19.8 Å². The lowest BCUT2D eigenvalue weighted by atomic mass is 10.1. The Bertz CT molecular complexity index is 929. The zero-order valence-corrected chi connectivity index (χ0v) is 14.8. The van der Waals surface area contributed by atoms with Crippen molar-refractivity contribution in [2.45, 2.75) is 6.54 Å². The maximum Gasteiger partial charge on any atom is 0.267 e. The highest BCUT2D eigenvalue weighted by Gasteiger charge is 2.15. The van der Waals surface area contributed by atoms with Crippen LogP contribution in [0.5, 0.6) is 17.2 Å². The van der Waals surface area contributed by atoms with E-state index in [0.717, 1.165) is 11.3 Å². The Labute approximate surface area is 150 Å². The summed E-state index contributed by atoms with van der Waals surface area (Å²) in [6, 6.07) is 12.3. The van der Waals surface area contributed by atoms with E-state index >= 15 is 0 Å². The number of pyridine rings is 1. The third kappa shape index (κ3) is 3.51. The summed E-state index contributed by atoms with van der Waals surface area (Å²) in [6.07, 6.45) is 1.68. The molecule has 0 N–H and O–H groups in total. The summed E-state index contributed by atoms with van der Waals surface area (Å²) in [6.45, 7) is 0.290. The monoisotopic (exact) mass is 353 g/mol. The number of rotatable bonds is 6. The van der Waals surface area contributed by atoms with Gasteiger partial charge in [0, 0.05) is 17.8 Å². The molecule has 3 rings (SSSR count). The molecule has 7 nitrogen and oxygen atoms in total. The Morgan fingerprint density at radius 1 is 0.962 bits per heavy atom. The lowest BCUT2D eigenvalue weighted by Crippen LogP contribution is -2.23. The molecular formula is C19H19N3O4. The lowest BCUT2D eigenvalue weighted by molar-refractivity contribution is 0.324. The van der Waals surface area contributed by atoms with Crippen LogP contribution in [0.4, 0.5) is 0 Å². The number of nitrogens with zero attached hydrogens (tertiary/aromatic N) is 3. The Balaban J connectivity index is 2.05. The van der Waals surface area contributed by atoms with Gasteiger partial charge in [0.05, 0.1) is 39.3 Å². The first-order chi connectivity index (χ1) is 12.7. The third-order valence-electron chi connectivity index (χ3n) is 3.87. The van der Waals surface area contributed by atoms with Crippen LogP contribution in [-0.4, -0.2) is 36.1 Å². The molecule has 0 aliphatic rings. The van der Waals surface area contributed by atoms with E-state index < -0.39 is 0 Å². The fraction of sp³-hybridized carbons (Fsp3) is 0.211. The van der Waals surface area contributed by atoms with Gasteiger partial charge in [0.15, 0.2) is 11.5 Å². The Kier molecular flexibility index (Phi) is 5.17. The molecule has 1 aromatic carbocycles. The van der Waals surface area contributed by atoms with E-state index in [9.17, 15) is 4.79 Å². The van der Waals surface area contributed by atoms with Gasteiger partial charge in [0.2, 0.25) is 5.75 Å². The minimum Gasteiger partial charge on any atom is -0.493 e. The highest BCUT2D eigenvalue weighted by atomic mass is 16.5. The van der Waals surface area contributed by atoms with Crippen molar-refractivity contribution >= 4 is 0 Å². The van der Waals surface area contributed by atoms with Gasteiger partial charge in [-0.15, -0.1) is 0 Å². The predicted octanol–water partition coefficient (Wildman–Crippen LogP) is 2.38. The maximum absolute atomic E-state index is 12.2. The molecule has 0 saturated carbocycles. The summed E-state index contributed by atoms with van der Waals surface area (Å²) in [5.74, 6) is 1.54. The lowest BCUT2D eigenvalue weighted by Gasteiger charge is -2.14. The van der Waals surface area contributed by atoms with Crippen molar-refractivity contribution in [1.29, 1.82) is 0 Å². The first-order valence-corrected chi connectivity index (χ1v) is 7.94. The van der Waals surface area contributed by atoms with Gasteiger partial charge < -0.3 is 14.2 Å². The number of hydrogen-bond acceptors (Lipinski definition) is 6. The Morgan fingerprint density at radius 3 is 2.27 bits per heavy atom. The molecule has 26 heavy (non-hydrogen) atoms. The minimum absolute atomic E-state index is 0.202. The van der Waals surface area contributed by atoms with Gasteiger partial charge in [0.1, 0.15) is 0 Å². The highest BCUT2D eigenvalue weighted by Crippen LogP contribution is 2.40. The first kappa shape index (κ1) is 17.5. The molecule has 0 amide bonds. The topological polar surface area (TPSA) is 75.5 Å². The minimum atomic E-state index is -0.202. The normalized spacial score (nSPS) is 10.4. The molecule has 134 valence electrons. The van der Waals surface area contributed by atoms with Crippen LogP contribution >= 0.6 is 0 Å².